The maximum absolute atomic E-state index is 4.52. The monoisotopic (exact) mass is 512 g/mol. The maximum Gasteiger partial charge on any atom is 0.193 e. The van der Waals surface area contributed by atoms with Gasteiger partial charge in [0.1, 0.15) is 5.82 Å². The minimum atomic E-state index is 0. The third-order valence-corrected chi connectivity index (χ3v) is 4.74. The number of aromatic amines is 1. The van der Waals surface area contributed by atoms with Gasteiger partial charge in [0, 0.05) is 20.6 Å². The number of imidazole rings is 1. The molecular weight excluding hydrogens is 475 g/mol. The quantitative estimate of drug-likeness (QED) is 0.205. The number of nitrogens with one attached hydrogen (secondary N) is 2. The SMILES string of the molecule is CN=C(NCCCCCCCN(C)C)N(C)Cc1ncc(-c2ccccc2)[nH]1.I. The summed E-state index contributed by atoms with van der Waals surface area (Å²) in [4.78, 5) is 16.7. The smallest absolute Gasteiger partial charge is 0.193 e. The number of guanidine groups is 1. The van der Waals surface area contributed by atoms with E-state index >= 15 is 0 Å². The number of aliphatic imine (C=N–C) groups is 1. The van der Waals surface area contributed by atoms with Crippen LogP contribution in [0, 0.1) is 0 Å². The molecule has 0 atom stereocenters. The van der Waals surface area contributed by atoms with E-state index in [2.05, 4.69) is 56.3 Å². The minimum Gasteiger partial charge on any atom is -0.356 e. The highest BCUT2D eigenvalue weighted by molar-refractivity contribution is 14.0. The Labute approximate surface area is 193 Å². The first-order chi connectivity index (χ1) is 13.6. The molecule has 162 valence electrons. The molecule has 0 aliphatic carbocycles. The zero-order valence-electron chi connectivity index (χ0n) is 18.3. The van der Waals surface area contributed by atoms with Gasteiger partial charge in [0.2, 0.25) is 0 Å². The van der Waals surface area contributed by atoms with Gasteiger partial charge in [-0.05, 0) is 39.0 Å². The number of hydrogen-bond donors (Lipinski definition) is 2. The largest absolute Gasteiger partial charge is 0.356 e. The topological polar surface area (TPSA) is 59.6 Å². The van der Waals surface area contributed by atoms with E-state index in [4.69, 9.17) is 0 Å². The van der Waals surface area contributed by atoms with Crippen molar-refractivity contribution in [1.29, 1.82) is 0 Å². The highest BCUT2D eigenvalue weighted by Crippen LogP contribution is 2.16. The lowest BCUT2D eigenvalue weighted by molar-refractivity contribution is 0.389. The van der Waals surface area contributed by atoms with Gasteiger partial charge in [0.05, 0.1) is 18.4 Å². The van der Waals surface area contributed by atoms with Crippen LogP contribution in [0.4, 0.5) is 0 Å². The van der Waals surface area contributed by atoms with Gasteiger partial charge >= 0.3 is 0 Å². The number of unbranched alkanes of at least 4 members (excludes halogenated alkanes) is 4. The van der Waals surface area contributed by atoms with Crippen molar-refractivity contribution < 1.29 is 0 Å². The summed E-state index contributed by atoms with van der Waals surface area (Å²) in [5.41, 5.74) is 2.19. The molecule has 2 N–H and O–H groups in total. The molecule has 0 fully saturated rings. The van der Waals surface area contributed by atoms with Crippen LogP contribution in [0.3, 0.4) is 0 Å². The van der Waals surface area contributed by atoms with Crippen molar-refractivity contribution in [2.45, 2.75) is 38.6 Å². The molecule has 29 heavy (non-hydrogen) atoms. The highest BCUT2D eigenvalue weighted by Gasteiger charge is 2.09. The van der Waals surface area contributed by atoms with Crippen LogP contribution in [0.15, 0.2) is 41.5 Å². The van der Waals surface area contributed by atoms with Gasteiger partial charge in [0.15, 0.2) is 5.96 Å². The van der Waals surface area contributed by atoms with Crippen molar-refractivity contribution in [3.05, 3.63) is 42.4 Å². The Balaban J connectivity index is 0.00000420. The summed E-state index contributed by atoms with van der Waals surface area (Å²) in [6.07, 6.45) is 8.24. The Morgan fingerprint density at radius 2 is 1.72 bits per heavy atom. The molecule has 0 amide bonds. The van der Waals surface area contributed by atoms with Crippen LogP contribution < -0.4 is 5.32 Å². The molecule has 0 spiro atoms. The molecule has 1 aromatic heterocycles. The fourth-order valence-electron chi connectivity index (χ4n) is 3.18. The number of benzene rings is 1. The normalized spacial score (nSPS) is 11.4. The maximum atomic E-state index is 4.52. The summed E-state index contributed by atoms with van der Waals surface area (Å²) in [6.45, 7) is 2.84. The summed E-state index contributed by atoms with van der Waals surface area (Å²) in [5.74, 6) is 1.84. The molecule has 7 heteroatoms. The molecule has 0 aliphatic heterocycles. The van der Waals surface area contributed by atoms with Crippen molar-refractivity contribution in [2.24, 2.45) is 4.99 Å². The number of rotatable bonds is 11. The third kappa shape index (κ3) is 9.62. The first-order valence-corrected chi connectivity index (χ1v) is 10.3. The number of nitrogens with zero attached hydrogens (tertiary/aromatic N) is 4. The lowest BCUT2D eigenvalue weighted by Crippen LogP contribution is -2.39. The molecule has 2 rings (SSSR count). The first-order valence-electron chi connectivity index (χ1n) is 10.3. The van der Waals surface area contributed by atoms with Crippen LogP contribution in [0.5, 0.6) is 0 Å². The molecule has 0 saturated carbocycles. The van der Waals surface area contributed by atoms with Gasteiger partial charge in [-0.3, -0.25) is 4.99 Å². The van der Waals surface area contributed by atoms with Crippen molar-refractivity contribution in [1.82, 2.24) is 25.1 Å². The molecule has 2 aromatic rings. The van der Waals surface area contributed by atoms with Crippen LogP contribution in [-0.4, -0.2) is 67.0 Å². The minimum absolute atomic E-state index is 0. The average Bonchev–Trinajstić information content (AvgIpc) is 3.15. The Hall–Kier alpha value is -1.61. The van der Waals surface area contributed by atoms with Gasteiger partial charge < -0.3 is 20.1 Å². The predicted octanol–water partition coefficient (Wildman–Crippen LogP) is 4.21. The Kier molecular flexibility index (Phi) is 12.6. The number of halogens is 1. The summed E-state index contributed by atoms with van der Waals surface area (Å²) >= 11 is 0. The molecule has 0 unspecified atom stereocenters. The predicted molar refractivity (Wildman–Crippen MR) is 134 cm³/mol. The van der Waals surface area contributed by atoms with Crippen LogP contribution >= 0.6 is 24.0 Å². The second-order valence-corrected chi connectivity index (χ2v) is 7.51. The van der Waals surface area contributed by atoms with Gasteiger partial charge in [0.25, 0.3) is 0 Å². The molecule has 1 heterocycles. The summed E-state index contributed by atoms with van der Waals surface area (Å²) in [7, 11) is 8.15. The van der Waals surface area contributed by atoms with Crippen LogP contribution in [0.1, 0.15) is 37.9 Å². The molecule has 1 aromatic carbocycles. The van der Waals surface area contributed by atoms with Crippen LogP contribution in [0.2, 0.25) is 0 Å². The fraction of sp³-hybridized carbons (Fsp3) is 0.545. The van der Waals surface area contributed by atoms with Crippen LogP contribution in [0.25, 0.3) is 11.3 Å². The van der Waals surface area contributed by atoms with Gasteiger partial charge in [-0.2, -0.15) is 0 Å². The Morgan fingerprint density at radius 1 is 1.03 bits per heavy atom. The molecular formula is C22H37IN6. The number of aromatic nitrogens is 2. The van der Waals surface area contributed by atoms with Crippen molar-refractivity contribution >= 4 is 29.9 Å². The van der Waals surface area contributed by atoms with E-state index in [-0.39, 0.29) is 24.0 Å². The molecule has 6 nitrogen and oxygen atoms in total. The second kappa shape index (κ2) is 14.4. The zero-order chi connectivity index (χ0) is 20.2. The highest BCUT2D eigenvalue weighted by atomic mass is 127. The molecule has 0 saturated heterocycles. The van der Waals surface area contributed by atoms with E-state index in [1.165, 1.54) is 38.6 Å². The Morgan fingerprint density at radius 3 is 2.41 bits per heavy atom. The van der Waals surface area contributed by atoms with Crippen molar-refractivity contribution in [2.75, 3.05) is 41.3 Å². The summed E-state index contributed by atoms with van der Waals surface area (Å²) < 4.78 is 0. The summed E-state index contributed by atoms with van der Waals surface area (Å²) in [5, 5.41) is 3.46. The molecule has 0 aliphatic rings. The van der Waals surface area contributed by atoms with Crippen molar-refractivity contribution in [3.63, 3.8) is 0 Å². The standard InChI is InChI=1S/C22H36N6.HI/c1-23-22(24-15-11-6-5-7-12-16-27(2)3)28(4)18-21-25-17-20(26-21)19-13-9-8-10-14-19;/h8-10,13-14,17H,5-7,11-12,15-16,18H2,1-4H3,(H,23,24)(H,25,26);1H. The number of hydrogen-bond acceptors (Lipinski definition) is 3. The van der Waals surface area contributed by atoms with E-state index in [1.54, 1.807) is 0 Å². The lowest BCUT2D eigenvalue weighted by atomic mass is 10.1. The zero-order valence-corrected chi connectivity index (χ0v) is 20.6. The van der Waals surface area contributed by atoms with Gasteiger partial charge in [-0.1, -0.05) is 49.6 Å². The van der Waals surface area contributed by atoms with Gasteiger partial charge in [-0.15, -0.1) is 24.0 Å². The molecule has 0 bridgehead atoms. The summed E-state index contributed by atoms with van der Waals surface area (Å²) in [6, 6.07) is 10.3. The second-order valence-electron chi connectivity index (χ2n) is 7.51. The average molecular weight is 512 g/mol. The number of H-pyrrole nitrogens is 1. The van der Waals surface area contributed by atoms with Crippen molar-refractivity contribution in [3.8, 4) is 11.3 Å². The van der Waals surface area contributed by atoms with E-state index < -0.39 is 0 Å². The third-order valence-electron chi connectivity index (χ3n) is 4.74. The fourth-order valence-corrected chi connectivity index (χ4v) is 3.18. The Bertz CT molecular complexity index is 698. The van der Waals surface area contributed by atoms with E-state index in [0.717, 1.165) is 29.6 Å². The van der Waals surface area contributed by atoms with E-state index in [1.807, 2.05) is 38.5 Å². The van der Waals surface area contributed by atoms with E-state index in [9.17, 15) is 0 Å². The van der Waals surface area contributed by atoms with Crippen LogP contribution in [-0.2, 0) is 6.54 Å². The van der Waals surface area contributed by atoms with Gasteiger partial charge in [-0.25, -0.2) is 4.98 Å². The lowest BCUT2D eigenvalue weighted by Gasteiger charge is -2.21. The first kappa shape index (κ1) is 25.4. The molecule has 0 radical (unpaired) electrons. The van der Waals surface area contributed by atoms with E-state index in [0.29, 0.717) is 6.54 Å².